The van der Waals surface area contributed by atoms with Crippen LogP contribution in [-0.2, 0) is 16.1 Å². The van der Waals surface area contributed by atoms with E-state index in [-0.39, 0.29) is 24.9 Å². The van der Waals surface area contributed by atoms with Crippen LogP contribution in [0, 0.1) is 12.8 Å². The highest BCUT2D eigenvalue weighted by molar-refractivity contribution is 5.85. The van der Waals surface area contributed by atoms with Crippen molar-refractivity contribution >= 4 is 22.8 Å². The van der Waals surface area contributed by atoms with E-state index in [1.54, 1.807) is 4.90 Å². The minimum atomic E-state index is -0.846. The van der Waals surface area contributed by atoms with E-state index < -0.39 is 11.9 Å². The van der Waals surface area contributed by atoms with Crippen molar-refractivity contribution < 1.29 is 14.7 Å². The molecule has 5 nitrogen and oxygen atoms in total. The molecule has 1 aliphatic heterocycles. The van der Waals surface area contributed by atoms with Gasteiger partial charge in [0.25, 0.3) is 0 Å². The summed E-state index contributed by atoms with van der Waals surface area (Å²) in [5.74, 6) is -1.63. The molecule has 0 saturated carbocycles. The lowest BCUT2D eigenvalue weighted by Crippen LogP contribution is -2.33. The van der Waals surface area contributed by atoms with Gasteiger partial charge in [0, 0.05) is 30.2 Å². The van der Waals surface area contributed by atoms with Gasteiger partial charge >= 0.3 is 5.97 Å². The third-order valence-electron chi connectivity index (χ3n) is 5.53. The third-order valence-corrected chi connectivity index (χ3v) is 5.53. The number of fused-ring (bicyclic) bond motifs is 1. The van der Waals surface area contributed by atoms with Crippen molar-refractivity contribution in [3.05, 3.63) is 71.9 Å². The molecule has 0 aliphatic carbocycles. The summed E-state index contributed by atoms with van der Waals surface area (Å²) in [5, 5.41) is 10.7. The number of aromatic nitrogens is 1. The largest absolute Gasteiger partial charge is 0.481 e. The standard InChI is InChI=1S/C22H22N2O3/c1-15-11-17-9-5-6-10-20(17)24(15)14-21(25)23-12-18(19(13-23)22(26)27)16-7-3-2-4-8-16/h2-11,18-19H,12-14H2,1H3,(H,26,27)/t18-,19-/m0/s1. The molecule has 0 spiro atoms. The van der Waals surface area contributed by atoms with Crippen molar-refractivity contribution in [2.75, 3.05) is 13.1 Å². The molecule has 0 radical (unpaired) electrons. The van der Waals surface area contributed by atoms with Gasteiger partial charge in [0.05, 0.1) is 5.92 Å². The van der Waals surface area contributed by atoms with Crippen LogP contribution in [0.1, 0.15) is 17.2 Å². The number of aryl methyl sites for hydroxylation is 1. The quantitative estimate of drug-likeness (QED) is 0.775. The number of carboxylic acid groups (broad SMARTS) is 1. The second kappa shape index (κ2) is 6.91. The van der Waals surface area contributed by atoms with Gasteiger partial charge in [-0.3, -0.25) is 9.59 Å². The Kier molecular flexibility index (Phi) is 4.44. The molecule has 138 valence electrons. The Bertz CT molecular complexity index is 993. The maximum absolute atomic E-state index is 13.0. The van der Waals surface area contributed by atoms with Gasteiger partial charge in [-0.25, -0.2) is 0 Å². The molecule has 1 fully saturated rings. The molecule has 1 aliphatic rings. The summed E-state index contributed by atoms with van der Waals surface area (Å²) >= 11 is 0. The van der Waals surface area contributed by atoms with E-state index in [1.165, 1.54) is 0 Å². The van der Waals surface area contributed by atoms with Crippen molar-refractivity contribution in [3.8, 4) is 0 Å². The van der Waals surface area contributed by atoms with Gasteiger partial charge in [-0.05, 0) is 30.0 Å². The molecule has 0 bridgehead atoms. The number of hydrogen-bond donors (Lipinski definition) is 1. The van der Waals surface area contributed by atoms with Crippen LogP contribution in [-0.4, -0.2) is 39.5 Å². The summed E-state index contributed by atoms with van der Waals surface area (Å²) in [4.78, 5) is 26.4. The van der Waals surface area contributed by atoms with E-state index in [1.807, 2.05) is 66.1 Å². The molecule has 2 aromatic carbocycles. The van der Waals surface area contributed by atoms with Crippen LogP contribution in [0.15, 0.2) is 60.7 Å². The molecule has 2 heterocycles. The molecule has 3 aromatic rings. The summed E-state index contributed by atoms with van der Waals surface area (Å²) in [6.45, 7) is 2.92. The zero-order valence-corrected chi connectivity index (χ0v) is 15.2. The second-order valence-corrected chi connectivity index (χ2v) is 7.19. The molecule has 1 N–H and O–H groups in total. The minimum absolute atomic E-state index is 0.0378. The van der Waals surface area contributed by atoms with Gasteiger partial charge < -0.3 is 14.6 Å². The molecule has 0 unspecified atom stereocenters. The average molecular weight is 362 g/mol. The number of carbonyl (C=O) groups is 2. The zero-order chi connectivity index (χ0) is 19.0. The normalized spacial score (nSPS) is 19.5. The number of rotatable bonds is 4. The van der Waals surface area contributed by atoms with Gasteiger partial charge in [0.2, 0.25) is 5.91 Å². The summed E-state index contributed by atoms with van der Waals surface area (Å²) in [6, 6.07) is 19.7. The summed E-state index contributed by atoms with van der Waals surface area (Å²) in [5.41, 5.74) is 3.03. The SMILES string of the molecule is Cc1cc2ccccc2n1CC(=O)N1C[C@H](C(=O)O)[C@H](c2ccccc2)C1. The lowest BCUT2D eigenvalue weighted by molar-refractivity contribution is -0.141. The average Bonchev–Trinajstić information content (AvgIpc) is 3.25. The number of nitrogens with zero attached hydrogens (tertiary/aromatic N) is 2. The Balaban J connectivity index is 1.57. The lowest BCUT2D eigenvalue weighted by Gasteiger charge is -2.18. The van der Waals surface area contributed by atoms with E-state index in [4.69, 9.17) is 0 Å². The summed E-state index contributed by atoms with van der Waals surface area (Å²) in [6.07, 6.45) is 0. The monoisotopic (exact) mass is 362 g/mol. The molecule has 1 aromatic heterocycles. The van der Waals surface area contributed by atoms with Gasteiger partial charge in [-0.1, -0.05) is 48.5 Å². The number of benzene rings is 2. The first-order valence-corrected chi connectivity index (χ1v) is 9.15. The van der Waals surface area contributed by atoms with Crippen LogP contribution in [0.2, 0.25) is 0 Å². The fourth-order valence-corrected chi connectivity index (χ4v) is 4.09. The number of aliphatic carboxylic acids is 1. The molecule has 1 amide bonds. The smallest absolute Gasteiger partial charge is 0.308 e. The zero-order valence-electron chi connectivity index (χ0n) is 15.2. The summed E-state index contributed by atoms with van der Waals surface area (Å²) < 4.78 is 2.00. The van der Waals surface area contributed by atoms with Crippen LogP contribution in [0.25, 0.3) is 10.9 Å². The number of para-hydroxylation sites is 1. The van der Waals surface area contributed by atoms with E-state index >= 15 is 0 Å². The van der Waals surface area contributed by atoms with Gasteiger partial charge in [0.1, 0.15) is 6.54 Å². The van der Waals surface area contributed by atoms with E-state index in [2.05, 4.69) is 6.07 Å². The highest BCUT2D eigenvalue weighted by Gasteiger charge is 2.40. The first kappa shape index (κ1) is 17.3. The fraction of sp³-hybridized carbons (Fsp3) is 0.273. The van der Waals surface area contributed by atoms with E-state index in [9.17, 15) is 14.7 Å². The molecule has 1 saturated heterocycles. The molecular weight excluding hydrogens is 340 g/mol. The Labute approximate surface area is 157 Å². The lowest BCUT2D eigenvalue weighted by atomic mass is 9.89. The van der Waals surface area contributed by atoms with Gasteiger partial charge in [0.15, 0.2) is 0 Å². The second-order valence-electron chi connectivity index (χ2n) is 7.19. The maximum atomic E-state index is 13.0. The highest BCUT2D eigenvalue weighted by Crippen LogP contribution is 2.33. The topological polar surface area (TPSA) is 62.5 Å². The predicted molar refractivity (Wildman–Crippen MR) is 104 cm³/mol. The van der Waals surface area contributed by atoms with Crippen LogP contribution in [0.3, 0.4) is 0 Å². The van der Waals surface area contributed by atoms with Crippen LogP contribution < -0.4 is 0 Å². The molecule has 27 heavy (non-hydrogen) atoms. The number of hydrogen-bond acceptors (Lipinski definition) is 2. The van der Waals surface area contributed by atoms with Crippen LogP contribution in [0.5, 0.6) is 0 Å². The minimum Gasteiger partial charge on any atom is -0.481 e. The van der Waals surface area contributed by atoms with E-state index in [0.29, 0.717) is 6.54 Å². The van der Waals surface area contributed by atoms with Gasteiger partial charge in [-0.2, -0.15) is 0 Å². The Morgan fingerprint density at radius 3 is 2.48 bits per heavy atom. The first-order chi connectivity index (χ1) is 13.0. The highest BCUT2D eigenvalue weighted by atomic mass is 16.4. The molecule has 2 atom stereocenters. The van der Waals surface area contributed by atoms with Crippen molar-refractivity contribution in [1.82, 2.24) is 9.47 Å². The Morgan fingerprint density at radius 2 is 1.74 bits per heavy atom. The van der Waals surface area contributed by atoms with Crippen molar-refractivity contribution in [3.63, 3.8) is 0 Å². The number of carboxylic acids is 1. The number of likely N-dealkylation sites (tertiary alicyclic amines) is 1. The van der Waals surface area contributed by atoms with Crippen molar-refractivity contribution in [2.45, 2.75) is 19.4 Å². The molecular formula is C22H22N2O3. The van der Waals surface area contributed by atoms with Crippen LogP contribution in [0.4, 0.5) is 0 Å². The van der Waals surface area contributed by atoms with Gasteiger partial charge in [-0.15, -0.1) is 0 Å². The number of amides is 1. The fourth-order valence-electron chi connectivity index (χ4n) is 4.09. The van der Waals surface area contributed by atoms with Crippen molar-refractivity contribution in [2.24, 2.45) is 5.92 Å². The van der Waals surface area contributed by atoms with Crippen LogP contribution >= 0.6 is 0 Å². The molecule has 4 rings (SSSR count). The van der Waals surface area contributed by atoms with Crippen molar-refractivity contribution in [1.29, 1.82) is 0 Å². The van der Waals surface area contributed by atoms with E-state index in [0.717, 1.165) is 22.2 Å². The first-order valence-electron chi connectivity index (χ1n) is 9.15. The predicted octanol–water partition coefficient (Wildman–Crippen LogP) is 3.28. The summed E-state index contributed by atoms with van der Waals surface area (Å²) in [7, 11) is 0. The number of carbonyl (C=O) groups excluding carboxylic acids is 1. The third kappa shape index (κ3) is 3.21. The molecule has 5 heteroatoms. The Hall–Kier alpha value is -3.08. The Morgan fingerprint density at radius 1 is 1.04 bits per heavy atom. The maximum Gasteiger partial charge on any atom is 0.308 e.